The van der Waals surface area contributed by atoms with Crippen molar-refractivity contribution in [3.05, 3.63) is 35.1 Å². The SMILES string of the molecule is CNC(COC)Cc1ccc(F)cc1C. The molecule has 3 heteroatoms. The van der Waals surface area contributed by atoms with Crippen LogP contribution in [0, 0.1) is 12.7 Å². The first-order chi connectivity index (χ1) is 7.17. The zero-order valence-electron chi connectivity index (χ0n) is 9.51. The van der Waals surface area contributed by atoms with Gasteiger partial charge in [-0.25, -0.2) is 4.39 Å². The van der Waals surface area contributed by atoms with E-state index < -0.39 is 0 Å². The van der Waals surface area contributed by atoms with Gasteiger partial charge in [0.15, 0.2) is 0 Å². The standard InChI is InChI=1S/C12H18FNO/c1-9-6-11(13)5-4-10(9)7-12(14-2)8-15-3/h4-6,12,14H,7-8H2,1-3H3. The van der Waals surface area contributed by atoms with Crippen LogP contribution in [0.25, 0.3) is 0 Å². The lowest BCUT2D eigenvalue weighted by Crippen LogP contribution is -2.32. The zero-order chi connectivity index (χ0) is 11.3. The second-order valence-corrected chi connectivity index (χ2v) is 3.72. The van der Waals surface area contributed by atoms with E-state index in [1.807, 2.05) is 20.0 Å². The van der Waals surface area contributed by atoms with Gasteiger partial charge in [0.2, 0.25) is 0 Å². The van der Waals surface area contributed by atoms with Gasteiger partial charge in [0.05, 0.1) is 6.61 Å². The second kappa shape index (κ2) is 5.83. The molecule has 1 unspecified atom stereocenters. The highest BCUT2D eigenvalue weighted by Gasteiger charge is 2.08. The number of hydrogen-bond donors (Lipinski definition) is 1. The molecule has 0 aliphatic carbocycles. The van der Waals surface area contributed by atoms with Crippen molar-refractivity contribution in [3.63, 3.8) is 0 Å². The van der Waals surface area contributed by atoms with Crippen LogP contribution in [0.1, 0.15) is 11.1 Å². The van der Waals surface area contributed by atoms with Gasteiger partial charge >= 0.3 is 0 Å². The zero-order valence-corrected chi connectivity index (χ0v) is 9.51. The summed E-state index contributed by atoms with van der Waals surface area (Å²) in [6.45, 7) is 2.59. The molecular formula is C12H18FNO. The number of halogens is 1. The molecule has 1 aromatic carbocycles. The fourth-order valence-electron chi connectivity index (χ4n) is 1.60. The van der Waals surface area contributed by atoms with Crippen molar-refractivity contribution in [1.82, 2.24) is 5.32 Å². The Kier molecular flexibility index (Phi) is 4.72. The predicted octanol–water partition coefficient (Wildman–Crippen LogP) is 1.91. The summed E-state index contributed by atoms with van der Waals surface area (Å²) in [4.78, 5) is 0. The maximum absolute atomic E-state index is 12.9. The summed E-state index contributed by atoms with van der Waals surface area (Å²) in [6.07, 6.45) is 0.858. The molecule has 84 valence electrons. The average molecular weight is 211 g/mol. The largest absolute Gasteiger partial charge is 0.383 e. The molecule has 0 spiro atoms. The minimum absolute atomic E-state index is 0.177. The first-order valence-corrected chi connectivity index (χ1v) is 5.08. The molecule has 0 saturated carbocycles. The lowest BCUT2D eigenvalue weighted by Gasteiger charge is -2.16. The molecule has 0 aliphatic rings. The number of benzene rings is 1. The highest BCUT2D eigenvalue weighted by atomic mass is 19.1. The van der Waals surface area contributed by atoms with Crippen LogP contribution in [0.15, 0.2) is 18.2 Å². The number of methoxy groups -OCH3 is 1. The van der Waals surface area contributed by atoms with Crippen molar-refractivity contribution < 1.29 is 9.13 Å². The van der Waals surface area contributed by atoms with Gasteiger partial charge in [0.1, 0.15) is 5.82 Å². The van der Waals surface area contributed by atoms with Crippen LogP contribution >= 0.6 is 0 Å². The number of rotatable bonds is 5. The monoisotopic (exact) mass is 211 g/mol. The second-order valence-electron chi connectivity index (χ2n) is 3.72. The fraction of sp³-hybridized carbons (Fsp3) is 0.500. The van der Waals surface area contributed by atoms with E-state index in [9.17, 15) is 4.39 Å². The number of aryl methyl sites for hydroxylation is 1. The van der Waals surface area contributed by atoms with Crippen molar-refractivity contribution in [2.24, 2.45) is 0 Å². The van der Waals surface area contributed by atoms with E-state index in [1.54, 1.807) is 13.2 Å². The number of hydrogen-bond acceptors (Lipinski definition) is 2. The van der Waals surface area contributed by atoms with E-state index in [0.29, 0.717) is 6.61 Å². The summed E-state index contributed by atoms with van der Waals surface area (Å²) in [6, 6.07) is 5.18. The maximum atomic E-state index is 12.9. The minimum Gasteiger partial charge on any atom is -0.383 e. The topological polar surface area (TPSA) is 21.3 Å². The van der Waals surface area contributed by atoms with E-state index in [2.05, 4.69) is 5.32 Å². The Balaban J connectivity index is 2.70. The predicted molar refractivity (Wildman–Crippen MR) is 59.6 cm³/mol. The Labute approximate surface area is 90.4 Å². The van der Waals surface area contributed by atoms with Gasteiger partial charge in [0, 0.05) is 13.2 Å². The summed E-state index contributed by atoms with van der Waals surface area (Å²) in [5.41, 5.74) is 2.15. The molecule has 0 bridgehead atoms. The third-order valence-corrected chi connectivity index (χ3v) is 2.55. The molecule has 0 radical (unpaired) electrons. The van der Waals surface area contributed by atoms with Gasteiger partial charge in [-0.3, -0.25) is 0 Å². The Hall–Kier alpha value is -0.930. The summed E-state index contributed by atoms with van der Waals surface area (Å²) in [5.74, 6) is -0.177. The first-order valence-electron chi connectivity index (χ1n) is 5.08. The Bertz CT molecular complexity index is 314. The van der Waals surface area contributed by atoms with Crippen molar-refractivity contribution in [3.8, 4) is 0 Å². The van der Waals surface area contributed by atoms with Gasteiger partial charge in [-0.1, -0.05) is 6.07 Å². The van der Waals surface area contributed by atoms with Crippen LogP contribution in [-0.4, -0.2) is 26.8 Å². The number of ether oxygens (including phenoxy) is 1. The lowest BCUT2D eigenvalue weighted by atomic mass is 10.0. The van der Waals surface area contributed by atoms with Crippen LogP contribution in [-0.2, 0) is 11.2 Å². The van der Waals surface area contributed by atoms with E-state index in [1.165, 1.54) is 6.07 Å². The fourth-order valence-corrected chi connectivity index (χ4v) is 1.60. The van der Waals surface area contributed by atoms with Crippen molar-refractivity contribution in [2.75, 3.05) is 20.8 Å². The minimum atomic E-state index is -0.177. The normalized spacial score (nSPS) is 12.8. The summed E-state index contributed by atoms with van der Waals surface area (Å²) >= 11 is 0. The molecule has 0 saturated heterocycles. The van der Waals surface area contributed by atoms with Crippen LogP contribution in [0.3, 0.4) is 0 Å². The molecule has 0 heterocycles. The van der Waals surface area contributed by atoms with Crippen LogP contribution in [0.2, 0.25) is 0 Å². The molecule has 1 rings (SSSR count). The Morgan fingerprint density at radius 1 is 1.47 bits per heavy atom. The van der Waals surface area contributed by atoms with Gasteiger partial charge in [-0.15, -0.1) is 0 Å². The molecule has 2 nitrogen and oxygen atoms in total. The molecule has 1 atom stereocenters. The third kappa shape index (κ3) is 3.61. The Morgan fingerprint density at radius 3 is 2.73 bits per heavy atom. The third-order valence-electron chi connectivity index (χ3n) is 2.55. The van der Waals surface area contributed by atoms with Crippen LogP contribution < -0.4 is 5.32 Å². The maximum Gasteiger partial charge on any atom is 0.123 e. The van der Waals surface area contributed by atoms with Crippen molar-refractivity contribution in [1.29, 1.82) is 0 Å². The number of nitrogens with one attached hydrogen (secondary N) is 1. The van der Waals surface area contributed by atoms with E-state index in [0.717, 1.165) is 17.5 Å². The van der Waals surface area contributed by atoms with E-state index in [-0.39, 0.29) is 11.9 Å². The van der Waals surface area contributed by atoms with Crippen molar-refractivity contribution in [2.45, 2.75) is 19.4 Å². The van der Waals surface area contributed by atoms with Crippen LogP contribution in [0.5, 0.6) is 0 Å². The van der Waals surface area contributed by atoms with Gasteiger partial charge in [0.25, 0.3) is 0 Å². The number of likely N-dealkylation sites (N-methyl/N-ethyl adjacent to an activating group) is 1. The quantitative estimate of drug-likeness (QED) is 0.803. The van der Waals surface area contributed by atoms with Gasteiger partial charge < -0.3 is 10.1 Å². The molecule has 0 aromatic heterocycles. The summed E-state index contributed by atoms with van der Waals surface area (Å²) in [7, 11) is 3.59. The molecule has 0 amide bonds. The molecule has 1 N–H and O–H groups in total. The highest BCUT2D eigenvalue weighted by Crippen LogP contribution is 2.12. The molecular weight excluding hydrogens is 193 g/mol. The van der Waals surface area contributed by atoms with Crippen molar-refractivity contribution >= 4 is 0 Å². The van der Waals surface area contributed by atoms with E-state index >= 15 is 0 Å². The summed E-state index contributed by atoms with van der Waals surface area (Å²) in [5, 5.41) is 3.17. The Morgan fingerprint density at radius 2 is 2.20 bits per heavy atom. The van der Waals surface area contributed by atoms with E-state index in [4.69, 9.17) is 4.74 Å². The lowest BCUT2D eigenvalue weighted by molar-refractivity contribution is 0.169. The summed E-state index contributed by atoms with van der Waals surface area (Å²) < 4.78 is 18.0. The molecule has 15 heavy (non-hydrogen) atoms. The molecule has 0 fully saturated rings. The smallest absolute Gasteiger partial charge is 0.123 e. The first kappa shape index (κ1) is 12.1. The van der Waals surface area contributed by atoms with Gasteiger partial charge in [-0.2, -0.15) is 0 Å². The highest BCUT2D eigenvalue weighted by molar-refractivity contribution is 5.27. The molecule has 0 aliphatic heterocycles. The average Bonchev–Trinajstić information content (AvgIpc) is 2.21. The van der Waals surface area contributed by atoms with Gasteiger partial charge in [-0.05, 0) is 43.7 Å². The van der Waals surface area contributed by atoms with Crippen LogP contribution in [0.4, 0.5) is 4.39 Å². The molecule has 1 aromatic rings.